The van der Waals surface area contributed by atoms with Crippen LogP contribution in [0.3, 0.4) is 0 Å². The molecule has 1 amide bonds. The Morgan fingerprint density at radius 3 is 2.91 bits per heavy atom. The number of fused-ring (bicyclic) bond motifs is 1. The molecule has 2 aliphatic heterocycles. The summed E-state index contributed by atoms with van der Waals surface area (Å²) in [5.41, 5.74) is 1.67. The van der Waals surface area contributed by atoms with Crippen molar-refractivity contribution in [2.24, 2.45) is 5.92 Å². The molecule has 1 unspecified atom stereocenters. The molecule has 1 aromatic rings. The third-order valence-electron chi connectivity index (χ3n) is 3.78. The van der Waals surface area contributed by atoms with Gasteiger partial charge in [0.05, 0.1) is 17.4 Å². The predicted octanol–water partition coefficient (Wildman–Crippen LogP) is 0.964. The highest BCUT2D eigenvalue weighted by Gasteiger charge is 2.33. The zero-order chi connectivity index (χ0) is 14.9. The number of nitrogens with one attached hydrogen (secondary N) is 2. The van der Waals surface area contributed by atoms with Gasteiger partial charge in [-0.2, -0.15) is 0 Å². The summed E-state index contributed by atoms with van der Waals surface area (Å²) in [6, 6.07) is 5.49. The normalized spacial score (nSPS) is 22.6. The van der Waals surface area contributed by atoms with Gasteiger partial charge in [0.2, 0.25) is 5.91 Å². The molecule has 0 aliphatic carbocycles. The molecule has 6 nitrogen and oxygen atoms in total. The molecule has 2 aliphatic rings. The smallest absolute Gasteiger partial charge is 0.228 e. The zero-order valence-corrected chi connectivity index (χ0v) is 13.6. The maximum atomic E-state index is 12.1. The van der Waals surface area contributed by atoms with Crippen LogP contribution in [0.4, 0.5) is 5.69 Å². The molecular weight excluding hydrogens is 328 g/mol. The van der Waals surface area contributed by atoms with Crippen LogP contribution in [0.1, 0.15) is 12.0 Å². The molecule has 0 saturated carbocycles. The minimum atomic E-state index is -3.04. The molecule has 8 heteroatoms. The van der Waals surface area contributed by atoms with E-state index >= 15 is 0 Å². The first-order valence-corrected chi connectivity index (χ1v) is 8.83. The number of carbonyl (C=O) groups excluding carboxylic acids is 1. The number of anilines is 1. The number of amides is 1. The Balaban J connectivity index is 0.00000176. The second-order valence-electron chi connectivity index (χ2n) is 5.44. The van der Waals surface area contributed by atoms with E-state index in [9.17, 15) is 13.2 Å². The molecular formula is C14H19ClN2O4S. The first kappa shape index (κ1) is 17.1. The standard InChI is InChI=1S/C14H18N2O4S.ClH/c17-14(10-3-6-21(18,19)9-10)16-12-1-2-13-11(7-12)8-15-4-5-20-13;/h1-2,7,10,15H,3-6,8-9H2,(H,16,17);1H. The summed E-state index contributed by atoms with van der Waals surface area (Å²) in [7, 11) is -3.04. The third kappa shape index (κ3) is 3.91. The van der Waals surface area contributed by atoms with Crippen LogP contribution >= 0.6 is 12.4 Å². The van der Waals surface area contributed by atoms with Crippen LogP contribution in [-0.2, 0) is 21.2 Å². The lowest BCUT2D eigenvalue weighted by Crippen LogP contribution is -2.23. The van der Waals surface area contributed by atoms with Crippen LogP contribution in [0.15, 0.2) is 18.2 Å². The number of sulfone groups is 1. The fourth-order valence-electron chi connectivity index (χ4n) is 2.64. The van der Waals surface area contributed by atoms with Crippen LogP contribution in [0.2, 0.25) is 0 Å². The van der Waals surface area contributed by atoms with E-state index in [0.29, 0.717) is 25.3 Å². The summed E-state index contributed by atoms with van der Waals surface area (Å²) < 4.78 is 28.4. The SMILES string of the molecule is Cl.O=C(Nc1ccc2c(c1)CNCCO2)C1CCS(=O)(=O)C1. The van der Waals surface area contributed by atoms with Crippen LogP contribution in [0, 0.1) is 5.92 Å². The van der Waals surface area contributed by atoms with Crippen molar-refractivity contribution >= 4 is 33.8 Å². The van der Waals surface area contributed by atoms with Crippen molar-refractivity contribution < 1.29 is 17.9 Å². The molecule has 2 heterocycles. The lowest BCUT2D eigenvalue weighted by molar-refractivity contribution is -0.119. The van der Waals surface area contributed by atoms with E-state index in [0.717, 1.165) is 17.9 Å². The van der Waals surface area contributed by atoms with Crippen molar-refractivity contribution in [1.29, 1.82) is 0 Å². The van der Waals surface area contributed by atoms with E-state index < -0.39 is 15.8 Å². The van der Waals surface area contributed by atoms with E-state index in [2.05, 4.69) is 10.6 Å². The second kappa shape index (κ2) is 6.85. The van der Waals surface area contributed by atoms with Crippen LogP contribution in [-0.4, -0.2) is 39.0 Å². The third-order valence-corrected chi connectivity index (χ3v) is 5.55. The minimum absolute atomic E-state index is 0. The van der Waals surface area contributed by atoms with Crippen molar-refractivity contribution in [2.75, 3.05) is 30.0 Å². The van der Waals surface area contributed by atoms with E-state index in [1.807, 2.05) is 12.1 Å². The van der Waals surface area contributed by atoms with Gasteiger partial charge in [0.25, 0.3) is 0 Å². The molecule has 0 spiro atoms. The summed E-state index contributed by atoms with van der Waals surface area (Å²) in [5.74, 6) is 0.213. The monoisotopic (exact) mass is 346 g/mol. The number of rotatable bonds is 2. The van der Waals surface area contributed by atoms with Crippen LogP contribution in [0.25, 0.3) is 0 Å². The number of hydrogen-bond acceptors (Lipinski definition) is 5. The maximum Gasteiger partial charge on any atom is 0.228 e. The average molecular weight is 347 g/mol. The van der Waals surface area contributed by atoms with Crippen molar-refractivity contribution in [3.8, 4) is 5.75 Å². The van der Waals surface area contributed by atoms with Crippen molar-refractivity contribution in [3.63, 3.8) is 0 Å². The number of hydrogen-bond donors (Lipinski definition) is 2. The molecule has 0 bridgehead atoms. The zero-order valence-electron chi connectivity index (χ0n) is 12.0. The first-order chi connectivity index (χ1) is 10.0. The Hall–Kier alpha value is -1.31. The molecule has 1 saturated heterocycles. The number of carbonyl (C=O) groups is 1. The van der Waals surface area contributed by atoms with Crippen molar-refractivity contribution in [2.45, 2.75) is 13.0 Å². The molecule has 1 fully saturated rings. The van der Waals surface area contributed by atoms with Gasteiger partial charge in [0, 0.05) is 24.3 Å². The summed E-state index contributed by atoms with van der Waals surface area (Å²) >= 11 is 0. The predicted molar refractivity (Wildman–Crippen MR) is 86.3 cm³/mol. The molecule has 2 N–H and O–H groups in total. The maximum absolute atomic E-state index is 12.1. The van der Waals surface area contributed by atoms with E-state index in [1.165, 1.54) is 0 Å². The van der Waals surface area contributed by atoms with Gasteiger partial charge in [-0.3, -0.25) is 4.79 Å². The number of ether oxygens (including phenoxy) is 1. The Labute approximate surface area is 135 Å². The molecule has 1 aromatic carbocycles. The lowest BCUT2D eigenvalue weighted by atomic mass is 10.1. The minimum Gasteiger partial charge on any atom is -0.492 e. The lowest BCUT2D eigenvalue weighted by Gasteiger charge is -2.12. The molecule has 22 heavy (non-hydrogen) atoms. The quantitative estimate of drug-likeness (QED) is 0.833. The molecule has 3 rings (SSSR count). The topological polar surface area (TPSA) is 84.5 Å². The van der Waals surface area contributed by atoms with Crippen molar-refractivity contribution in [1.82, 2.24) is 5.32 Å². The van der Waals surface area contributed by atoms with Gasteiger partial charge in [0.15, 0.2) is 9.84 Å². The summed E-state index contributed by atoms with van der Waals surface area (Å²) in [6.45, 7) is 2.10. The van der Waals surface area contributed by atoms with Gasteiger partial charge >= 0.3 is 0 Å². The van der Waals surface area contributed by atoms with Gasteiger partial charge in [-0.05, 0) is 24.6 Å². The van der Waals surface area contributed by atoms with Crippen molar-refractivity contribution in [3.05, 3.63) is 23.8 Å². The van der Waals surface area contributed by atoms with E-state index in [4.69, 9.17) is 4.74 Å². The van der Waals surface area contributed by atoms with E-state index in [-0.39, 0.29) is 29.8 Å². The Morgan fingerprint density at radius 1 is 1.36 bits per heavy atom. The Morgan fingerprint density at radius 2 is 2.18 bits per heavy atom. The Kier molecular flexibility index (Phi) is 5.31. The average Bonchev–Trinajstić information content (AvgIpc) is 2.67. The summed E-state index contributed by atoms with van der Waals surface area (Å²) in [5, 5.41) is 6.04. The molecule has 0 radical (unpaired) electrons. The second-order valence-corrected chi connectivity index (χ2v) is 7.67. The number of halogens is 1. The van der Waals surface area contributed by atoms with E-state index in [1.54, 1.807) is 6.07 Å². The largest absolute Gasteiger partial charge is 0.492 e. The van der Waals surface area contributed by atoms with Gasteiger partial charge in [-0.1, -0.05) is 0 Å². The fourth-order valence-corrected chi connectivity index (χ4v) is 4.38. The summed E-state index contributed by atoms with van der Waals surface area (Å²) in [4.78, 5) is 12.1. The molecule has 122 valence electrons. The highest BCUT2D eigenvalue weighted by atomic mass is 35.5. The highest BCUT2D eigenvalue weighted by Crippen LogP contribution is 2.25. The molecule has 1 atom stereocenters. The Bertz CT molecular complexity index is 663. The van der Waals surface area contributed by atoms with Gasteiger partial charge in [0.1, 0.15) is 12.4 Å². The van der Waals surface area contributed by atoms with Crippen LogP contribution < -0.4 is 15.4 Å². The highest BCUT2D eigenvalue weighted by molar-refractivity contribution is 7.91. The fraction of sp³-hybridized carbons (Fsp3) is 0.500. The van der Waals surface area contributed by atoms with Crippen LogP contribution in [0.5, 0.6) is 5.75 Å². The van der Waals surface area contributed by atoms with Gasteiger partial charge < -0.3 is 15.4 Å². The number of benzene rings is 1. The van der Waals surface area contributed by atoms with Gasteiger partial charge in [-0.15, -0.1) is 12.4 Å². The van der Waals surface area contributed by atoms with Gasteiger partial charge in [-0.25, -0.2) is 8.42 Å². The first-order valence-electron chi connectivity index (χ1n) is 7.01. The molecule has 0 aromatic heterocycles. The summed E-state index contributed by atoms with van der Waals surface area (Å²) in [6.07, 6.45) is 0.407.